The van der Waals surface area contributed by atoms with Crippen LogP contribution in [0.15, 0.2) is 30.3 Å². The van der Waals surface area contributed by atoms with Crippen LogP contribution in [0.5, 0.6) is 0 Å². The van der Waals surface area contributed by atoms with E-state index in [2.05, 4.69) is 5.32 Å². The summed E-state index contributed by atoms with van der Waals surface area (Å²) in [6, 6.07) is 9.87. The van der Waals surface area contributed by atoms with Gasteiger partial charge in [0.25, 0.3) is 0 Å². The van der Waals surface area contributed by atoms with E-state index in [1.807, 2.05) is 30.3 Å². The first-order valence-corrected chi connectivity index (χ1v) is 10.2. The molecule has 130 valence electrons. The van der Waals surface area contributed by atoms with Crippen molar-refractivity contribution >= 4 is 21.7 Å². The highest BCUT2D eigenvalue weighted by atomic mass is 32.2. The zero-order valence-corrected chi connectivity index (χ0v) is 14.5. The van der Waals surface area contributed by atoms with Crippen LogP contribution >= 0.6 is 0 Å². The maximum atomic E-state index is 12.2. The van der Waals surface area contributed by atoms with Crippen molar-refractivity contribution in [2.75, 3.05) is 25.1 Å². The zero-order chi connectivity index (χ0) is 17.4. The number of benzene rings is 1. The van der Waals surface area contributed by atoms with E-state index in [4.69, 9.17) is 0 Å². The van der Waals surface area contributed by atoms with Crippen LogP contribution in [0.4, 0.5) is 0 Å². The molecule has 3 rings (SSSR count). The number of amides is 2. The summed E-state index contributed by atoms with van der Waals surface area (Å²) in [7, 11) is -3.14. The van der Waals surface area contributed by atoms with Gasteiger partial charge >= 0.3 is 0 Å². The Kier molecular flexibility index (Phi) is 4.38. The van der Waals surface area contributed by atoms with Crippen LogP contribution in [0.3, 0.4) is 0 Å². The molecular formula is C17H22N2O4S. The number of sulfone groups is 1. The Balaban J connectivity index is 1.63. The van der Waals surface area contributed by atoms with Crippen LogP contribution in [0.1, 0.15) is 30.9 Å². The Morgan fingerprint density at radius 3 is 2.42 bits per heavy atom. The van der Waals surface area contributed by atoms with Crippen molar-refractivity contribution in [3.63, 3.8) is 0 Å². The van der Waals surface area contributed by atoms with Crippen LogP contribution < -0.4 is 5.32 Å². The van der Waals surface area contributed by atoms with Crippen LogP contribution in [-0.2, 0) is 19.4 Å². The average Bonchev–Trinajstić information content (AvgIpc) is 2.57. The molecule has 1 spiro atoms. The molecule has 2 saturated heterocycles. The highest BCUT2D eigenvalue weighted by Crippen LogP contribution is 2.49. The first-order valence-electron chi connectivity index (χ1n) is 8.13. The molecule has 2 aliphatic heterocycles. The number of hydrogen-bond acceptors (Lipinski definition) is 4. The fraction of sp³-hybridized carbons (Fsp3) is 0.529. The number of hydrogen-bond donors (Lipinski definition) is 1. The molecule has 1 N–H and O–H groups in total. The lowest BCUT2D eigenvalue weighted by Gasteiger charge is -2.52. The van der Waals surface area contributed by atoms with Gasteiger partial charge in [-0.2, -0.15) is 0 Å². The van der Waals surface area contributed by atoms with Gasteiger partial charge in [-0.25, -0.2) is 8.42 Å². The summed E-state index contributed by atoms with van der Waals surface area (Å²) in [6.07, 6.45) is 2.38. The molecular weight excluding hydrogens is 328 g/mol. The second-order valence-corrected chi connectivity index (χ2v) is 8.99. The first-order chi connectivity index (χ1) is 11.3. The Morgan fingerprint density at radius 2 is 1.88 bits per heavy atom. The van der Waals surface area contributed by atoms with Crippen LogP contribution in [0.25, 0.3) is 0 Å². The standard InChI is InChI=1S/C17H22N2O4S/c1-24(22,23)12-7-14(20)19-10-8-17(9-11-19)15(18-16(17)21)13-5-3-2-4-6-13/h2-6,15H,7-12H2,1H3,(H,18,21). The maximum absolute atomic E-state index is 12.2. The molecule has 2 aliphatic rings. The van der Waals surface area contributed by atoms with Crippen LogP contribution in [-0.4, -0.2) is 50.2 Å². The van der Waals surface area contributed by atoms with Gasteiger partial charge < -0.3 is 10.2 Å². The van der Waals surface area contributed by atoms with Crippen molar-refractivity contribution in [2.24, 2.45) is 5.41 Å². The van der Waals surface area contributed by atoms with Crippen molar-refractivity contribution in [3.8, 4) is 0 Å². The number of rotatable bonds is 4. The van der Waals surface area contributed by atoms with E-state index in [9.17, 15) is 18.0 Å². The number of nitrogens with one attached hydrogen (secondary N) is 1. The van der Waals surface area contributed by atoms with Gasteiger partial charge in [-0.05, 0) is 18.4 Å². The lowest BCUT2D eigenvalue weighted by Crippen LogP contribution is -2.64. The number of β-lactam (4-membered cyclic amide) rings is 1. The lowest BCUT2D eigenvalue weighted by atomic mass is 9.64. The van der Waals surface area contributed by atoms with Gasteiger partial charge in [0.15, 0.2) is 0 Å². The largest absolute Gasteiger partial charge is 0.348 e. The quantitative estimate of drug-likeness (QED) is 0.818. The SMILES string of the molecule is CS(=O)(=O)CCC(=O)N1CCC2(CC1)C(=O)NC2c1ccccc1. The van der Waals surface area contributed by atoms with Gasteiger partial charge in [0, 0.05) is 25.8 Å². The second-order valence-electron chi connectivity index (χ2n) is 6.73. The molecule has 1 aromatic rings. The summed E-state index contributed by atoms with van der Waals surface area (Å²) >= 11 is 0. The molecule has 1 atom stereocenters. The third kappa shape index (κ3) is 3.17. The van der Waals surface area contributed by atoms with Crippen molar-refractivity contribution in [1.29, 1.82) is 0 Å². The monoisotopic (exact) mass is 350 g/mol. The summed E-state index contributed by atoms with van der Waals surface area (Å²) in [4.78, 5) is 26.1. The van der Waals surface area contributed by atoms with E-state index in [-0.39, 0.29) is 30.0 Å². The fourth-order valence-electron chi connectivity index (χ4n) is 3.62. The molecule has 0 saturated carbocycles. The molecule has 1 aromatic carbocycles. The van der Waals surface area contributed by atoms with Crippen LogP contribution in [0.2, 0.25) is 0 Å². The van der Waals surface area contributed by atoms with Gasteiger partial charge in [-0.3, -0.25) is 9.59 Å². The van der Waals surface area contributed by atoms with Gasteiger partial charge in [-0.15, -0.1) is 0 Å². The summed E-state index contributed by atoms with van der Waals surface area (Å²) < 4.78 is 22.4. The predicted molar refractivity (Wildman–Crippen MR) is 89.9 cm³/mol. The van der Waals surface area contributed by atoms with Crippen molar-refractivity contribution in [1.82, 2.24) is 10.2 Å². The molecule has 7 heteroatoms. The normalized spacial score (nSPS) is 22.8. The molecule has 1 unspecified atom stereocenters. The minimum atomic E-state index is -3.14. The Labute approximate surface area is 142 Å². The first kappa shape index (κ1) is 17.0. The van der Waals surface area contributed by atoms with E-state index in [0.717, 1.165) is 11.8 Å². The Hall–Kier alpha value is -1.89. The highest BCUT2D eigenvalue weighted by Gasteiger charge is 2.56. The molecule has 0 bridgehead atoms. The van der Waals surface area contributed by atoms with Crippen molar-refractivity contribution in [2.45, 2.75) is 25.3 Å². The zero-order valence-electron chi connectivity index (χ0n) is 13.7. The summed E-state index contributed by atoms with van der Waals surface area (Å²) in [6.45, 7) is 0.999. The van der Waals surface area contributed by atoms with Gasteiger partial charge in [0.05, 0.1) is 17.2 Å². The van der Waals surface area contributed by atoms with Crippen molar-refractivity contribution < 1.29 is 18.0 Å². The summed E-state index contributed by atoms with van der Waals surface area (Å²) in [5, 5.41) is 2.99. The molecule has 2 heterocycles. The number of likely N-dealkylation sites (tertiary alicyclic amines) is 1. The lowest BCUT2D eigenvalue weighted by molar-refractivity contribution is -0.154. The topological polar surface area (TPSA) is 83.6 Å². The number of piperidine rings is 1. The number of carbonyl (C=O) groups is 2. The Bertz CT molecular complexity index is 737. The Morgan fingerprint density at radius 1 is 1.25 bits per heavy atom. The minimum absolute atomic E-state index is 0.000489. The van der Waals surface area contributed by atoms with Gasteiger partial charge in [-0.1, -0.05) is 30.3 Å². The maximum Gasteiger partial charge on any atom is 0.229 e. The van der Waals surface area contributed by atoms with E-state index in [1.165, 1.54) is 0 Å². The van der Waals surface area contributed by atoms with E-state index < -0.39 is 15.3 Å². The molecule has 2 amide bonds. The third-order valence-electron chi connectivity index (χ3n) is 5.11. The smallest absolute Gasteiger partial charge is 0.229 e. The fourth-order valence-corrected chi connectivity index (χ4v) is 4.16. The summed E-state index contributed by atoms with van der Waals surface area (Å²) in [5.41, 5.74) is 0.656. The van der Waals surface area contributed by atoms with Gasteiger partial charge in [0.2, 0.25) is 11.8 Å². The van der Waals surface area contributed by atoms with E-state index in [0.29, 0.717) is 25.9 Å². The van der Waals surface area contributed by atoms with Gasteiger partial charge in [0.1, 0.15) is 9.84 Å². The number of nitrogens with zero attached hydrogens (tertiary/aromatic N) is 1. The third-order valence-corrected chi connectivity index (χ3v) is 6.05. The predicted octanol–water partition coefficient (Wildman–Crippen LogP) is 0.901. The minimum Gasteiger partial charge on any atom is -0.348 e. The second kappa shape index (κ2) is 6.20. The van der Waals surface area contributed by atoms with E-state index in [1.54, 1.807) is 4.90 Å². The molecule has 0 radical (unpaired) electrons. The molecule has 0 aromatic heterocycles. The van der Waals surface area contributed by atoms with Crippen molar-refractivity contribution in [3.05, 3.63) is 35.9 Å². The summed E-state index contributed by atoms with van der Waals surface area (Å²) in [5.74, 6) is -0.216. The molecule has 24 heavy (non-hydrogen) atoms. The molecule has 0 aliphatic carbocycles. The highest BCUT2D eigenvalue weighted by molar-refractivity contribution is 7.90. The number of carbonyl (C=O) groups excluding carboxylic acids is 2. The molecule has 2 fully saturated rings. The average molecular weight is 350 g/mol. The van der Waals surface area contributed by atoms with E-state index >= 15 is 0 Å². The van der Waals surface area contributed by atoms with Crippen LogP contribution in [0, 0.1) is 5.41 Å². The molecule has 6 nitrogen and oxygen atoms in total.